The number of hydrogen-bond acceptors (Lipinski definition) is 7. The van der Waals surface area contributed by atoms with E-state index >= 15 is 0 Å². The number of aryl methyl sites for hydroxylation is 1. The zero-order valence-electron chi connectivity index (χ0n) is 15.1. The minimum Gasteiger partial charge on any atom is -0.497 e. The van der Waals surface area contributed by atoms with Gasteiger partial charge in [-0.25, -0.2) is 19.4 Å². The van der Waals surface area contributed by atoms with Gasteiger partial charge < -0.3 is 9.47 Å². The molecule has 7 heteroatoms. The van der Waals surface area contributed by atoms with Crippen LogP contribution >= 0.6 is 0 Å². The quantitative estimate of drug-likeness (QED) is 0.399. The number of hydrogen-bond donors (Lipinski definition) is 0. The first-order valence-corrected chi connectivity index (χ1v) is 8.22. The Hall–Kier alpha value is -3.35. The number of carbonyl (C=O) groups is 3. The molecule has 2 aromatic rings. The molecule has 0 spiro atoms. The van der Waals surface area contributed by atoms with Gasteiger partial charge in [0.1, 0.15) is 11.5 Å². The Morgan fingerprint density at radius 2 is 1.26 bits per heavy atom. The van der Waals surface area contributed by atoms with Crippen LogP contribution in [0.1, 0.15) is 17.5 Å². The summed E-state index contributed by atoms with van der Waals surface area (Å²) in [7, 11) is 3.09. The molecule has 0 amide bonds. The first-order chi connectivity index (χ1) is 13.0. The third kappa shape index (κ3) is 6.47. The van der Waals surface area contributed by atoms with Crippen molar-refractivity contribution in [2.24, 2.45) is 0 Å². The second kappa shape index (κ2) is 9.96. The second-order valence-electron chi connectivity index (χ2n) is 5.62. The molecule has 0 fully saturated rings. The van der Waals surface area contributed by atoms with Gasteiger partial charge in [0.25, 0.3) is 0 Å². The van der Waals surface area contributed by atoms with Crippen LogP contribution in [-0.2, 0) is 37.0 Å². The Labute approximate surface area is 156 Å². The van der Waals surface area contributed by atoms with Gasteiger partial charge >= 0.3 is 11.9 Å². The Balaban J connectivity index is 1.72. The van der Waals surface area contributed by atoms with Crippen LogP contribution in [0.2, 0.25) is 0 Å². The van der Waals surface area contributed by atoms with Crippen LogP contribution < -0.4 is 9.47 Å². The molecule has 0 unspecified atom stereocenters. The Morgan fingerprint density at radius 3 is 1.78 bits per heavy atom. The van der Waals surface area contributed by atoms with E-state index in [0.717, 1.165) is 5.56 Å². The second-order valence-corrected chi connectivity index (χ2v) is 5.62. The fourth-order valence-electron chi connectivity index (χ4n) is 2.21. The predicted octanol–water partition coefficient (Wildman–Crippen LogP) is 2.45. The fraction of sp³-hybridized carbons (Fsp3) is 0.250. The van der Waals surface area contributed by atoms with Gasteiger partial charge in [-0.05, 0) is 41.8 Å². The molecular formula is C20H20O7. The molecule has 0 saturated heterocycles. The number of rotatable bonds is 8. The fourth-order valence-corrected chi connectivity index (χ4v) is 2.21. The lowest BCUT2D eigenvalue weighted by Crippen LogP contribution is -2.21. The van der Waals surface area contributed by atoms with Crippen molar-refractivity contribution >= 4 is 17.7 Å². The number of Topliss-reactive ketones (excluding diaryl/α,β-unsaturated/α-hetero) is 1. The topological polar surface area (TPSA) is 88.1 Å². The van der Waals surface area contributed by atoms with Gasteiger partial charge in [0.05, 0.1) is 20.6 Å². The summed E-state index contributed by atoms with van der Waals surface area (Å²) in [4.78, 5) is 43.8. The normalized spacial score (nSPS) is 10.0. The molecule has 0 bridgehead atoms. The Morgan fingerprint density at radius 1 is 0.741 bits per heavy atom. The third-order valence-corrected chi connectivity index (χ3v) is 3.74. The van der Waals surface area contributed by atoms with E-state index in [4.69, 9.17) is 9.47 Å². The molecule has 2 aromatic carbocycles. The lowest BCUT2D eigenvalue weighted by molar-refractivity contribution is -0.256. The van der Waals surface area contributed by atoms with Gasteiger partial charge in [-0.2, -0.15) is 0 Å². The smallest absolute Gasteiger partial charge is 0.421 e. The average Bonchev–Trinajstić information content (AvgIpc) is 2.71. The number of ether oxygens (including phenoxy) is 2. The van der Waals surface area contributed by atoms with Gasteiger partial charge in [0.2, 0.25) is 5.78 Å². The Kier molecular flexibility index (Phi) is 7.37. The molecule has 7 nitrogen and oxygen atoms in total. The molecule has 0 aliphatic heterocycles. The maximum atomic E-state index is 11.8. The van der Waals surface area contributed by atoms with E-state index in [1.165, 1.54) is 7.11 Å². The molecule has 2 rings (SSSR count). The lowest BCUT2D eigenvalue weighted by Gasteiger charge is -2.05. The van der Waals surface area contributed by atoms with Crippen LogP contribution in [0.25, 0.3) is 0 Å². The first-order valence-electron chi connectivity index (χ1n) is 8.22. The summed E-state index contributed by atoms with van der Waals surface area (Å²) in [5.74, 6) is -1.42. The summed E-state index contributed by atoms with van der Waals surface area (Å²) in [6.45, 7) is 0. The number of methoxy groups -OCH3 is 2. The highest BCUT2D eigenvalue weighted by atomic mass is 17.2. The molecular weight excluding hydrogens is 352 g/mol. The summed E-state index contributed by atoms with van der Waals surface area (Å²) < 4.78 is 10.1. The molecule has 27 heavy (non-hydrogen) atoms. The molecule has 0 aliphatic rings. The zero-order chi connectivity index (χ0) is 19.6. The standard InChI is InChI=1S/C20H20O7/c1-24-16-8-3-14(4-9-16)7-12-19(22)26-27-20(23)18(21)13-15-5-10-17(25-2)11-6-15/h3-6,8-11H,7,12-13H2,1-2H3. The van der Waals surface area contributed by atoms with Gasteiger partial charge in [0.15, 0.2) is 0 Å². The van der Waals surface area contributed by atoms with E-state index in [2.05, 4.69) is 9.78 Å². The Bertz CT molecular complexity index is 779. The minimum absolute atomic E-state index is 0.00623. The summed E-state index contributed by atoms with van der Waals surface area (Å²) in [6, 6.07) is 13.8. The van der Waals surface area contributed by atoms with E-state index in [0.29, 0.717) is 23.5 Å². The van der Waals surface area contributed by atoms with Crippen molar-refractivity contribution in [3.05, 3.63) is 59.7 Å². The van der Waals surface area contributed by atoms with Gasteiger partial charge in [-0.15, -0.1) is 0 Å². The average molecular weight is 372 g/mol. The van der Waals surface area contributed by atoms with Crippen molar-refractivity contribution < 1.29 is 33.6 Å². The van der Waals surface area contributed by atoms with Gasteiger partial charge in [-0.3, -0.25) is 4.79 Å². The first kappa shape index (κ1) is 20.0. The molecule has 0 atom stereocenters. The number of ketones is 1. The van der Waals surface area contributed by atoms with Crippen LogP contribution in [-0.4, -0.2) is 31.9 Å². The van der Waals surface area contributed by atoms with Crippen molar-refractivity contribution in [3.63, 3.8) is 0 Å². The SMILES string of the molecule is COc1ccc(CCC(=O)OOC(=O)C(=O)Cc2ccc(OC)cc2)cc1. The van der Waals surface area contributed by atoms with E-state index < -0.39 is 17.7 Å². The van der Waals surface area contributed by atoms with Gasteiger partial charge in [-0.1, -0.05) is 24.3 Å². The summed E-state index contributed by atoms with van der Waals surface area (Å²) in [5.41, 5.74) is 1.51. The number of carbonyl (C=O) groups excluding carboxylic acids is 3. The third-order valence-electron chi connectivity index (χ3n) is 3.74. The molecule has 0 N–H and O–H groups in total. The summed E-state index contributed by atoms with van der Waals surface area (Å²) >= 11 is 0. The van der Waals surface area contributed by atoms with Crippen LogP contribution in [0.4, 0.5) is 0 Å². The van der Waals surface area contributed by atoms with Crippen molar-refractivity contribution in [1.29, 1.82) is 0 Å². The van der Waals surface area contributed by atoms with Crippen molar-refractivity contribution in [2.75, 3.05) is 14.2 Å². The highest BCUT2D eigenvalue weighted by Crippen LogP contribution is 2.13. The van der Waals surface area contributed by atoms with E-state index in [1.807, 2.05) is 12.1 Å². The lowest BCUT2D eigenvalue weighted by atomic mass is 10.1. The molecule has 0 aromatic heterocycles. The molecule has 142 valence electrons. The van der Waals surface area contributed by atoms with Crippen LogP contribution in [0.15, 0.2) is 48.5 Å². The molecule has 0 radical (unpaired) electrons. The maximum Gasteiger partial charge on any atom is 0.421 e. The molecule has 0 aliphatic carbocycles. The van der Waals surface area contributed by atoms with Gasteiger partial charge in [0, 0.05) is 6.42 Å². The van der Waals surface area contributed by atoms with E-state index in [9.17, 15) is 14.4 Å². The minimum atomic E-state index is -1.22. The largest absolute Gasteiger partial charge is 0.497 e. The molecule has 0 heterocycles. The van der Waals surface area contributed by atoms with Crippen molar-refractivity contribution in [1.82, 2.24) is 0 Å². The van der Waals surface area contributed by atoms with Crippen LogP contribution in [0, 0.1) is 0 Å². The predicted molar refractivity (Wildman–Crippen MR) is 95.2 cm³/mol. The van der Waals surface area contributed by atoms with Crippen LogP contribution in [0.5, 0.6) is 11.5 Å². The monoisotopic (exact) mass is 372 g/mol. The maximum absolute atomic E-state index is 11.8. The van der Waals surface area contributed by atoms with Crippen molar-refractivity contribution in [3.8, 4) is 11.5 Å². The highest BCUT2D eigenvalue weighted by Gasteiger charge is 2.19. The van der Waals surface area contributed by atoms with E-state index in [1.54, 1.807) is 43.5 Å². The van der Waals surface area contributed by atoms with Crippen molar-refractivity contribution in [2.45, 2.75) is 19.3 Å². The van der Waals surface area contributed by atoms with E-state index in [-0.39, 0.29) is 12.8 Å². The zero-order valence-corrected chi connectivity index (χ0v) is 15.1. The number of benzene rings is 2. The summed E-state index contributed by atoms with van der Waals surface area (Å²) in [6.07, 6.45) is 0.249. The van der Waals surface area contributed by atoms with Crippen LogP contribution in [0.3, 0.4) is 0 Å². The summed E-state index contributed by atoms with van der Waals surface area (Å²) in [5, 5.41) is 0. The highest BCUT2D eigenvalue weighted by molar-refractivity contribution is 6.33. The molecule has 0 saturated carbocycles.